The van der Waals surface area contributed by atoms with Crippen LogP contribution in [0.1, 0.15) is 29.8 Å². The number of hydrogen-bond acceptors (Lipinski definition) is 3. The molecule has 0 bridgehead atoms. The Labute approximate surface area is 155 Å². The van der Waals surface area contributed by atoms with E-state index in [1.165, 1.54) is 36.4 Å². The molecule has 0 heterocycles. The maximum absolute atomic E-state index is 13.0. The van der Waals surface area contributed by atoms with Crippen LogP contribution in [0, 0.1) is 5.92 Å². The lowest BCUT2D eigenvalue weighted by atomic mass is 10.1. The van der Waals surface area contributed by atoms with Gasteiger partial charge in [0, 0.05) is 12.2 Å². The molecule has 0 radical (unpaired) electrons. The van der Waals surface area contributed by atoms with Crippen LogP contribution in [-0.4, -0.2) is 20.9 Å². The maximum atomic E-state index is 13.0. The van der Waals surface area contributed by atoms with Gasteiger partial charge >= 0.3 is 6.18 Å². The number of carbonyl (C=O) groups excluding carboxylic acids is 1. The minimum atomic E-state index is -4.66. The Morgan fingerprint density at radius 2 is 1.63 bits per heavy atom. The smallest absolute Gasteiger partial charge is 0.322 e. The highest BCUT2D eigenvalue weighted by atomic mass is 32.2. The summed E-state index contributed by atoms with van der Waals surface area (Å²) in [6.07, 6.45) is -4.66. The summed E-state index contributed by atoms with van der Waals surface area (Å²) in [4.78, 5) is 12.2. The van der Waals surface area contributed by atoms with Crippen LogP contribution in [0.15, 0.2) is 53.4 Å². The van der Waals surface area contributed by atoms with Gasteiger partial charge in [0.1, 0.15) is 0 Å². The van der Waals surface area contributed by atoms with Crippen LogP contribution >= 0.6 is 0 Å². The summed E-state index contributed by atoms with van der Waals surface area (Å²) in [6.45, 7) is 3.99. The quantitative estimate of drug-likeness (QED) is 0.773. The molecule has 2 aromatic rings. The molecule has 1 amide bonds. The van der Waals surface area contributed by atoms with E-state index >= 15 is 0 Å². The molecular weight excluding hydrogens is 381 g/mol. The van der Waals surface area contributed by atoms with Gasteiger partial charge in [0.2, 0.25) is 10.0 Å². The lowest BCUT2D eigenvalue weighted by Crippen LogP contribution is -2.27. The Kier molecular flexibility index (Phi) is 6.27. The summed E-state index contributed by atoms with van der Waals surface area (Å²) in [5.74, 6) is -0.802. The summed E-state index contributed by atoms with van der Waals surface area (Å²) >= 11 is 0. The van der Waals surface area contributed by atoms with Crippen molar-refractivity contribution in [3.05, 3.63) is 59.7 Å². The van der Waals surface area contributed by atoms with Crippen molar-refractivity contribution >= 4 is 21.6 Å². The normalized spacial score (nSPS) is 12.2. The third-order valence-corrected chi connectivity index (χ3v) is 5.02. The van der Waals surface area contributed by atoms with E-state index in [-0.39, 0.29) is 23.0 Å². The number of anilines is 1. The van der Waals surface area contributed by atoms with Crippen molar-refractivity contribution in [2.45, 2.75) is 24.9 Å². The van der Waals surface area contributed by atoms with Crippen LogP contribution in [0.2, 0.25) is 0 Å². The zero-order valence-electron chi connectivity index (χ0n) is 14.7. The first-order valence-corrected chi connectivity index (χ1v) is 9.56. The van der Waals surface area contributed by atoms with Crippen LogP contribution in [0.4, 0.5) is 18.9 Å². The number of alkyl halides is 3. The van der Waals surface area contributed by atoms with Crippen molar-refractivity contribution in [2.24, 2.45) is 5.92 Å². The number of rotatable bonds is 6. The molecule has 0 saturated heterocycles. The molecule has 5 nitrogen and oxygen atoms in total. The molecule has 0 unspecified atom stereocenters. The van der Waals surface area contributed by atoms with Gasteiger partial charge in [0.15, 0.2) is 0 Å². The molecule has 9 heteroatoms. The van der Waals surface area contributed by atoms with E-state index < -0.39 is 33.2 Å². The molecule has 0 aliphatic rings. The van der Waals surface area contributed by atoms with Crippen LogP contribution in [-0.2, 0) is 16.2 Å². The van der Waals surface area contributed by atoms with Gasteiger partial charge in [-0.2, -0.15) is 13.2 Å². The Morgan fingerprint density at radius 1 is 1.04 bits per heavy atom. The van der Waals surface area contributed by atoms with Gasteiger partial charge in [0.05, 0.1) is 16.0 Å². The molecule has 2 N–H and O–H groups in total. The van der Waals surface area contributed by atoms with Crippen LogP contribution in [0.3, 0.4) is 0 Å². The minimum absolute atomic E-state index is 0.00293. The Bertz CT molecular complexity index is 908. The molecule has 0 spiro atoms. The summed E-state index contributed by atoms with van der Waals surface area (Å²) in [5.41, 5.74) is -1.38. The molecule has 0 atom stereocenters. The number of benzene rings is 2. The van der Waals surface area contributed by atoms with E-state index in [2.05, 4.69) is 10.0 Å². The SMILES string of the molecule is CC(C)CNS(=O)(=O)c1ccc(NC(=O)c2ccccc2C(F)(F)F)cc1. The average Bonchev–Trinajstić information content (AvgIpc) is 2.60. The number of amides is 1. The lowest BCUT2D eigenvalue weighted by Gasteiger charge is -2.13. The van der Waals surface area contributed by atoms with E-state index in [1.54, 1.807) is 0 Å². The predicted molar refractivity (Wildman–Crippen MR) is 95.9 cm³/mol. The third kappa shape index (κ3) is 5.54. The second-order valence-corrected chi connectivity index (χ2v) is 8.03. The molecule has 2 rings (SSSR count). The second kappa shape index (κ2) is 8.10. The van der Waals surface area contributed by atoms with Crippen molar-refractivity contribution < 1.29 is 26.4 Å². The summed E-state index contributed by atoms with van der Waals surface area (Å²) < 4.78 is 65.7. The molecule has 27 heavy (non-hydrogen) atoms. The van der Waals surface area contributed by atoms with E-state index in [4.69, 9.17) is 0 Å². The number of halogens is 3. The van der Waals surface area contributed by atoms with Gasteiger partial charge in [0.25, 0.3) is 5.91 Å². The van der Waals surface area contributed by atoms with E-state index in [0.717, 1.165) is 12.1 Å². The monoisotopic (exact) mass is 400 g/mol. The lowest BCUT2D eigenvalue weighted by molar-refractivity contribution is -0.137. The van der Waals surface area contributed by atoms with E-state index in [9.17, 15) is 26.4 Å². The van der Waals surface area contributed by atoms with Crippen molar-refractivity contribution in [3.8, 4) is 0 Å². The highest BCUT2D eigenvalue weighted by Gasteiger charge is 2.34. The molecule has 2 aromatic carbocycles. The summed E-state index contributed by atoms with van der Waals surface area (Å²) in [7, 11) is -3.69. The predicted octanol–water partition coefficient (Wildman–Crippen LogP) is 3.89. The van der Waals surface area contributed by atoms with Gasteiger partial charge in [-0.3, -0.25) is 4.79 Å². The third-order valence-electron chi connectivity index (χ3n) is 3.58. The number of hydrogen-bond donors (Lipinski definition) is 2. The molecule has 0 aliphatic heterocycles. The number of carbonyl (C=O) groups is 1. The van der Waals surface area contributed by atoms with Gasteiger partial charge in [-0.05, 0) is 42.3 Å². The zero-order valence-corrected chi connectivity index (χ0v) is 15.5. The number of nitrogens with one attached hydrogen (secondary N) is 2. The maximum Gasteiger partial charge on any atom is 0.417 e. The van der Waals surface area contributed by atoms with E-state index in [0.29, 0.717) is 0 Å². The molecule has 0 fully saturated rings. The van der Waals surface area contributed by atoms with Gasteiger partial charge in [-0.25, -0.2) is 13.1 Å². The molecular formula is C18H19F3N2O3S. The van der Waals surface area contributed by atoms with Crippen LogP contribution < -0.4 is 10.0 Å². The molecule has 0 saturated carbocycles. The Morgan fingerprint density at radius 3 is 2.19 bits per heavy atom. The number of sulfonamides is 1. The standard InChI is InChI=1S/C18H19F3N2O3S/c1-12(2)11-22-27(25,26)14-9-7-13(8-10-14)23-17(24)15-5-3-4-6-16(15)18(19,20)21/h3-10,12,22H,11H2,1-2H3,(H,23,24). The Hall–Kier alpha value is -2.39. The summed E-state index contributed by atoms with van der Waals surface area (Å²) in [5, 5.41) is 2.35. The van der Waals surface area contributed by atoms with Crippen molar-refractivity contribution in [3.63, 3.8) is 0 Å². The first kappa shape index (κ1) is 20.9. The van der Waals surface area contributed by atoms with Crippen molar-refractivity contribution in [2.75, 3.05) is 11.9 Å². The van der Waals surface area contributed by atoms with Gasteiger partial charge in [-0.15, -0.1) is 0 Å². The van der Waals surface area contributed by atoms with Gasteiger partial charge in [-0.1, -0.05) is 26.0 Å². The highest BCUT2D eigenvalue weighted by Crippen LogP contribution is 2.32. The first-order valence-electron chi connectivity index (χ1n) is 8.08. The van der Waals surface area contributed by atoms with Crippen molar-refractivity contribution in [1.82, 2.24) is 4.72 Å². The van der Waals surface area contributed by atoms with Gasteiger partial charge < -0.3 is 5.32 Å². The fraction of sp³-hybridized carbons (Fsp3) is 0.278. The van der Waals surface area contributed by atoms with Crippen LogP contribution in [0.25, 0.3) is 0 Å². The minimum Gasteiger partial charge on any atom is -0.322 e. The van der Waals surface area contributed by atoms with E-state index in [1.807, 2.05) is 13.8 Å². The largest absolute Gasteiger partial charge is 0.417 e. The second-order valence-electron chi connectivity index (χ2n) is 6.27. The highest BCUT2D eigenvalue weighted by molar-refractivity contribution is 7.89. The summed E-state index contributed by atoms with van der Waals surface area (Å²) in [6, 6.07) is 9.61. The first-order chi connectivity index (χ1) is 12.5. The topological polar surface area (TPSA) is 75.3 Å². The fourth-order valence-electron chi connectivity index (χ4n) is 2.20. The molecule has 0 aliphatic carbocycles. The zero-order chi connectivity index (χ0) is 20.2. The fourth-order valence-corrected chi connectivity index (χ4v) is 3.42. The molecule has 146 valence electrons. The Balaban J connectivity index is 2.17. The average molecular weight is 400 g/mol. The van der Waals surface area contributed by atoms with Crippen LogP contribution in [0.5, 0.6) is 0 Å². The van der Waals surface area contributed by atoms with Crippen molar-refractivity contribution in [1.29, 1.82) is 0 Å². The molecule has 0 aromatic heterocycles.